The molecule has 1 heterocycles. The largest absolute Gasteiger partial charge is 0.493 e. The maximum absolute atomic E-state index is 13.4. The van der Waals surface area contributed by atoms with Crippen LogP contribution in [-0.2, 0) is 9.59 Å². The highest BCUT2D eigenvalue weighted by atomic mass is 79.9. The van der Waals surface area contributed by atoms with Crippen molar-refractivity contribution in [3.8, 4) is 23.0 Å². The Hall–Kier alpha value is -3.53. The number of nitrogens with one attached hydrogen (secondary N) is 1. The monoisotopic (exact) mass is 588 g/mol. The molecule has 4 amide bonds. The minimum atomic E-state index is -0.855. The Kier molecular flexibility index (Phi) is 10.6. The lowest BCUT2D eigenvalue weighted by atomic mass is 10.1. The van der Waals surface area contributed by atoms with Gasteiger partial charge in [-0.15, -0.1) is 0 Å². The fraction of sp³-hybridized carbons (Fsp3) is 0.393. The lowest BCUT2D eigenvalue weighted by Gasteiger charge is -2.27. The van der Waals surface area contributed by atoms with Gasteiger partial charge in [-0.1, -0.05) is 33.1 Å². The fourth-order valence-electron chi connectivity index (χ4n) is 3.85. The van der Waals surface area contributed by atoms with Crippen molar-refractivity contribution in [3.63, 3.8) is 0 Å². The third-order valence-corrected chi connectivity index (χ3v) is 6.36. The van der Waals surface area contributed by atoms with Crippen molar-refractivity contribution in [2.24, 2.45) is 0 Å². The van der Waals surface area contributed by atoms with Crippen molar-refractivity contribution in [2.45, 2.75) is 46.0 Å². The van der Waals surface area contributed by atoms with Gasteiger partial charge in [-0.05, 0) is 64.7 Å². The number of hydrogen-bond donors (Lipinski definition) is 1. The first-order chi connectivity index (χ1) is 18.3. The van der Waals surface area contributed by atoms with Gasteiger partial charge in [0.1, 0.15) is 5.57 Å². The summed E-state index contributed by atoms with van der Waals surface area (Å²) >= 11 is 3.51. The van der Waals surface area contributed by atoms with Crippen molar-refractivity contribution in [3.05, 3.63) is 45.9 Å². The third kappa shape index (κ3) is 6.86. The number of hydrogen-bond acceptors (Lipinski definition) is 7. The minimum absolute atomic E-state index is 0.211. The SMILES string of the molecule is CCCCCCOc1c(Br)cc(/C=C2/C(=O)NC(=O)N(c3ccc(OCCC)c(OC)c3)C2=O)cc1OC. The Morgan fingerprint density at radius 3 is 2.32 bits per heavy atom. The van der Waals surface area contributed by atoms with Crippen LogP contribution in [0.4, 0.5) is 10.5 Å². The van der Waals surface area contributed by atoms with E-state index in [2.05, 4.69) is 28.2 Å². The van der Waals surface area contributed by atoms with Gasteiger partial charge in [0.25, 0.3) is 11.8 Å². The Balaban J connectivity index is 1.89. The summed E-state index contributed by atoms with van der Waals surface area (Å²) in [6.45, 7) is 5.16. The van der Waals surface area contributed by atoms with Crippen molar-refractivity contribution >= 4 is 45.5 Å². The highest BCUT2D eigenvalue weighted by Crippen LogP contribution is 2.38. The second kappa shape index (κ2) is 13.9. The number of rotatable bonds is 13. The number of nitrogens with zero attached hydrogens (tertiary/aromatic N) is 1. The number of barbiturate groups is 1. The molecule has 1 aliphatic rings. The molecule has 2 aromatic rings. The van der Waals surface area contributed by atoms with Gasteiger partial charge < -0.3 is 18.9 Å². The predicted molar refractivity (Wildman–Crippen MR) is 148 cm³/mol. The average molecular weight is 589 g/mol. The molecule has 9 nitrogen and oxygen atoms in total. The lowest BCUT2D eigenvalue weighted by Crippen LogP contribution is -2.54. The van der Waals surface area contributed by atoms with Gasteiger partial charge in [0.05, 0.1) is 37.6 Å². The van der Waals surface area contributed by atoms with Gasteiger partial charge in [0.2, 0.25) is 0 Å². The zero-order valence-electron chi connectivity index (χ0n) is 22.1. The number of imide groups is 2. The molecule has 0 unspecified atom stereocenters. The summed E-state index contributed by atoms with van der Waals surface area (Å²) in [7, 11) is 2.98. The molecule has 0 bridgehead atoms. The fourth-order valence-corrected chi connectivity index (χ4v) is 4.43. The minimum Gasteiger partial charge on any atom is -0.493 e. The van der Waals surface area contributed by atoms with Crippen LogP contribution in [-0.4, -0.2) is 45.3 Å². The summed E-state index contributed by atoms with van der Waals surface area (Å²) in [5.41, 5.74) is 0.537. The molecule has 0 atom stereocenters. The maximum atomic E-state index is 13.4. The van der Waals surface area contributed by atoms with Gasteiger partial charge >= 0.3 is 6.03 Å². The Labute approximate surface area is 231 Å². The molecule has 0 aromatic heterocycles. The lowest BCUT2D eigenvalue weighted by molar-refractivity contribution is -0.122. The summed E-state index contributed by atoms with van der Waals surface area (Å²) in [4.78, 5) is 39.6. The van der Waals surface area contributed by atoms with E-state index in [-0.39, 0.29) is 11.3 Å². The topological polar surface area (TPSA) is 103 Å². The molecule has 204 valence electrons. The molecule has 0 aliphatic carbocycles. The predicted octanol–water partition coefficient (Wildman–Crippen LogP) is 5.88. The smallest absolute Gasteiger partial charge is 0.335 e. The van der Waals surface area contributed by atoms with Gasteiger partial charge in [0.15, 0.2) is 23.0 Å². The molecule has 2 aromatic carbocycles. The molecule has 0 spiro atoms. The molecule has 0 radical (unpaired) electrons. The van der Waals surface area contributed by atoms with Gasteiger partial charge in [-0.25, -0.2) is 9.69 Å². The first kappa shape index (κ1) is 29.0. The number of ether oxygens (including phenoxy) is 4. The van der Waals surface area contributed by atoms with Crippen LogP contribution >= 0.6 is 15.9 Å². The highest BCUT2D eigenvalue weighted by Gasteiger charge is 2.37. The van der Waals surface area contributed by atoms with Crippen LogP contribution in [0.2, 0.25) is 0 Å². The zero-order chi connectivity index (χ0) is 27.7. The number of benzene rings is 2. The molecular formula is C28H33BrN2O7. The van der Waals surface area contributed by atoms with E-state index in [0.29, 0.717) is 46.2 Å². The standard InChI is InChI=1S/C28H33BrN2O7/c1-5-7-8-9-13-38-25-21(29)15-18(16-24(25)36-4)14-20-26(32)30-28(34)31(27(20)33)19-10-11-22(37-12-6-2)23(17-19)35-3/h10-11,14-17H,5-9,12-13H2,1-4H3,(H,30,32,34)/b20-14-. The number of urea groups is 1. The van der Waals surface area contributed by atoms with Crippen molar-refractivity contribution in [2.75, 3.05) is 32.3 Å². The van der Waals surface area contributed by atoms with E-state index in [0.717, 1.165) is 37.0 Å². The Morgan fingerprint density at radius 2 is 1.63 bits per heavy atom. The number of anilines is 1. The van der Waals surface area contributed by atoms with E-state index < -0.39 is 17.8 Å². The van der Waals surface area contributed by atoms with E-state index in [9.17, 15) is 14.4 Å². The molecule has 38 heavy (non-hydrogen) atoms. The number of carbonyl (C=O) groups excluding carboxylic acids is 3. The Morgan fingerprint density at radius 1 is 0.868 bits per heavy atom. The number of amides is 4. The number of halogens is 1. The number of unbranched alkanes of at least 4 members (excludes halogenated alkanes) is 3. The van der Waals surface area contributed by atoms with Crippen LogP contribution in [0.15, 0.2) is 40.4 Å². The quantitative estimate of drug-likeness (QED) is 0.177. The van der Waals surface area contributed by atoms with Gasteiger partial charge in [-0.3, -0.25) is 14.9 Å². The van der Waals surface area contributed by atoms with E-state index in [1.54, 1.807) is 24.3 Å². The van der Waals surface area contributed by atoms with Crippen LogP contribution < -0.4 is 29.2 Å². The molecule has 1 N–H and O–H groups in total. The summed E-state index contributed by atoms with van der Waals surface area (Å²) in [5, 5.41) is 2.23. The van der Waals surface area contributed by atoms with Gasteiger partial charge in [0, 0.05) is 6.07 Å². The van der Waals surface area contributed by atoms with E-state index in [1.807, 2.05) is 6.92 Å². The molecular weight excluding hydrogens is 556 g/mol. The molecule has 1 fully saturated rings. The van der Waals surface area contributed by atoms with E-state index >= 15 is 0 Å². The maximum Gasteiger partial charge on any atom is 0.335 e. The third-order valence-electron chi connectivity index (χ3n) is 5.78. The van der Waals surface area contributed by atoms with Crippen LogP contribution in [0.25, 0.3) is 6.08 Å². The average Bonchev–Trinajstić information content (AvgIpc) is 2.90. The van der Waals surface area contributed by atoms with Crippen molar-refractivity contribution in [1.29, 1.82) is 0 Å². The molecule has 10 heteroatoms. The van der Waals surface area contributed by atoms with Crippen molar-refractivity contribution in [1.82, 2.24) is 5.32 Å². The van der Waals surface area contributed by atoms with Crippen LogP contribution in [0.5, 0.6) is 23.0 Å². The highest BCUT2D eigenvalue weighted by molar-refractivity contribution is 9.10. The van der Waals surface area contributed by atoms with Crippen molar-refractivity contribution < 1.29 is 33.3 Å². The summed E-state index contributed by atoms with van der Waals surface area (Å²) in [6.07, 6.45) is 6.50. The second-order valence-electron chi connectivity index (χ2n) is 8.58. The Bertz CT molecular complexity index is 1210. The van der Waals surface area contributed by atoms with Crippen LogP contribution in [0, 0.1) is 0 Å². The molecule has 1 saturated heterocycles. The van der Waals surface area contributed by atoms with Gasteiger partial charge in [-0.2, -0.15) is 0 Å². The normalized spacial score (nSPS) is 14.5. The number of carbonyl (C=O) groups is 3. The summed E-state index contributed by atoms with van der Waals surface area (Å²) in [6, 6.07) is 7.23. The first-order valence-electron chi connectivity index (χ1n) is 12.6. The summed E-state index contributed by atoms with van der Waals surface area (Å²) < 4.78 is 23.1. The van der Waals surface area contributed by atoms with E-state index in [4.69, 9.17) is 18.9 Å². The summed E-state index contributed by atoms with van der Waals surface area (Å²) in [5.74, 6) is 0.273. The second-order valence-corrected chi connectivity index (χ2v) is 9.44. The van der Waals surface area contributed by atoms with Crippen LogP contribution in [0.3, 0.4) is 0 Å². The zero-order valence-corrected chi connectivity index (χ0v) is 23.7. The van der Waals surface area contributed by atoms with E-state index in [1.165, 1.54) is 26.4 Å². The molecule has 0 saturated carbocycles. The molecule has 1 aliphatic heterocycles. The van der Waals surface area contributed by atoms with Crippen LogP contribution in [0.1, 0.15) is 51.5 Å². The molecule has 3 rings (SSSR count). The first-order valence-corrected chi connectivity index (χ1v) is 13.4. The number of methoxy groups -OCH3 is 2.